The van der Waals surface area contributed by atoms with Crippen LogP contribution in [0.4, 0.5) is 0 Å². The third-order valence-corrected chi connectivity index (χ3v) is 14.4. The molecule has 0 radical (unpaired) electrons. The van der Waals surface area contributed by atoms with E-state index in [4.69, 9.17) is 47.4 Å². The number of rotatable bonds is 7. The third kappa shape index (κ3) is 9.67. The predicted octanol–water partition coefficient (Wildman–Crippen LogP) is 5.21. The fraction of sp³-hybridized carbons (Fsp3) is 0.809. The van der Waals surface area contributed by atoms with Crippen LogP contribution < -0.4 is 0 Å². The number of carbonyl (C=O) groups is 1. The molecule has 7 rings (SSSR count). The molecule has 3 N–H and O–H groups in total. The summed E-state index contributed by atoms with van der Waals surface area (Å²) < 4.78 is 63.7. The predicted molar refractivity (Wildman–Crippen MR) is 223 cm³/mol. The van der Waals surface area contributed by atoms with Crippen LogP contribution in [0.25, 0.3) is 0 Å². The Morgan fingerprint density at radius 3 is 2.31 bits per heavy atom. The molecule has 2 bridgehead atoms. The fourth-order valence-corrected chi connectivity index (χ4v) is 10.8. The molecule has 0 amide bonds. The van der Waals surface area contributed by atoms with Crippen molar-refractivity contribution in [3.05, 3.63) is 47.1 Å². The van der Waals surface area contributed by atoms with Gasteiger partial charge in [0.25, 0.3) is 0 Å². The summed E-state index contributed by atoms with van der Waals surface area (Å²) in [6.45, 7) is 16.2. The van der Waals surface area contributed by atoms with Gasteiger partial charge < -0.3 is 62.7 Å². The molecular weight excluding hydrogens is 789 g/mol. The zero-order valence-electron chi connectivity index (χ0n) is 37.8. The number of aliphatic hydroxyl groups is 3. The summed E-state index contributed by atoms with van der Waals surface area (Å²) >= 11 is 0. The van der Waals surface area contributed by atoms with Crippen LogP contribution >= 0.6 is 0 Å². The van der Waals surface area contributed by atoms with Crippen LogP contribution in [0.1, 0.15) is 100 Å². The van der Waals surface area contributed by atoms with E-state index in [-0.39, 0.29) is 36.8 Å². The van der Waals surface area contributed by atoms with Crippen molar-refractivity contribution < 1.29 is 67.5 Å². The molecule has 6 heterocycles. The molecule has 344 valence electrons. The molecule has 14 heteroatoms. The summed E-state index contributed by atoms with van der Waals surface area (Å²) in [5, 5.41) is 34.2. The Morgan fingerprint density at radius 1 is 0.885 bits per heavy atom. The molecule has 5 saturated heterocycles. The van der Waals surface area contributed by atoms with E-state index in [9.17, 15) is 20.1 Å². The zero-order valence-corrected chi connectivity index (χ0v) is 37.8. The number of carbonyl (C=O) groups excluding carboxylic acids is 1. The minimum atomic E-state index is -1.82. The molecule has 0 aromatic rings. The maximum atomic E-state index is 14.3. The van der Waals surface area contributed by atoms with Gasteiger partial charge in [-0.15, -0.1) is 0 Å². The number of hydrogen-bond donors (Lipinski definition) is 3. The van der Waals surface area contributed by atoms with Gasteiger partial charge in [-0.25, -0.2) is 0 Å². The molecule has 0 aromatic carbocycles. The Labute approximate surface area is 361 Å². The van der Waals surface area contributed by atoms with Crippen LogP contribution in [0.3, 0.4) is 0 Å². The Kier molecular flexibility index (Phi) is 14.8. The smallest absolute Gasteiger partial charge is 0.316 e. The number of methoxy groups -OCH3 is 2. The second-order valence-electron chi connectivity index (χ2n) is 19.2. The van der Waals surface area contributed by atoms with E-state index in [1.165, 1.54) is 0 Å². The summed E-state index contributed by atoms with van der Waals surface area (Å²) in [5.41, 5.74) is 0.184. The normalized spacial score (nSPS) is 49.6. The number of ether oxygens (including phenoxy) is 10. The number of esters is 1. The van der Waals surface area contributed by atoms with Gasteiger partial charge in [0.05, 0.1) is 49.3 Å². The van der Waals surface area contributed by atoms with Gasteiger partial charge in [0.1, 0.15) is 42.0 Å². The van der Waals surface area contributed by atoms with Crippen molar-refractivity contribution in [2.45, 2.75) is 198 Å². The van der Waals surface area contributed by atoms with Gasteiger partial charge in [-0.05, 0) is 69.1 Å². The van der Waals surface area contributed by atoms with Crippen molar-refractivity contribution in [2.24, 2.45) is 23.7 Å². The molecule has 0 saturated carbocycles. The first-order valence-corrected chi connectivity index (χ1v) is 22.6. The van der Waals surface area contributed by atoms with Gasteiger partial charge in [0, 0.05) is 52.2 Å². The summed E-state index contributed by atoms with van der Waals surface area (Å²) in [7, 11) is 3.22. The van der Waals surface area contributed by atoms with Crippen molar-refractivity contribution in [3.8, 4) is 0 Å². The van der Waals surface area contributed by atoms with Gasteiger partial charge >= 0.3 is 5.97 Å². The van der Waals surface area contributed by atoms with Gasteiger partial charge in [-0.3, -0.25) is 4.79 Å². The van der Waals surface area contributed by atoms with E-state index < -0.39 is 90.8 Å². The number of aliphatic hydroxyl groups excluding tert-OH is 2. The standard InChI is InChI=1S/C47H72O14/c1-24(2)41-27(5)16-17-46(61-41)22-33-19-32(60-46)15-14-26(4)42(25(3)12-11-13-31-23-54-44-39(48)28(6)18-34(45(50)57-33)47(31,44)51)58-38-21-36(53-10)43(30(8)56-38)59-37-20-35(52-9)40(49)29(7)55-37/h11-14,18,24-25,27,29-30,32-44,48-49,51H,15-17,19-23H2,1-10H3/b12-11+,26-14+,31-13+/t25-,27-,29-,30-,32+,33-,34-,35-,36-,37-,38-,39+,40-,41+,42-,43?,44+,46+,47+/m0/s1. The molecule has 61 heavy (non-hydrogen) atoms. The zero-order chi connectivity index (χ0) is 44.0. The van der Waals surface area contributed by atoms with Gasteiger partial charge in [0.15, 0.2) is 18.4 Å². The highest BCUT2D eigenvalue weighted by molar-refractivity contribution is 5.78. The highest BCUT2D eigenvalue weighted by atomic mass is 16.7. The van der Waals surface area contributed by atoms with Crippen LogP contribution in [0.2, 0.25) is 0 Å². The largest absolute Gasteiger partial charge is 0.462 e. The molecule has 19 atom stereocenters. The fourth-order valence-electron chi connectivity index (χ4n) is 10.8. The number of fused-ring (bicyclic) bond motifs is 2. The van der Waals surface area contributed by atoms with E-state index in [1.807, 2.05) is 19.1 Å². The lowest BCUT2D eigenvalue weighted by Gasteiger charge is -2.50. The average molecular weight is 861 g/mol. The van der Waals surface area contributed by atoms with Crippen LogP contribution in [0, 0.1) is 23.7 Å². The third-order valence-electron chi connectivity index (χ3n) is 14.4. The lowest BCUT2D eigenvalue weighted by molar-refractivity contribution is -0.340. The molecule has 5 fully saturated rings. The van der Waals surface area contributed by atoms with E-state index in [2.05, 4.69) is 40.7 Å². The second kappa shape index (κ2) is 19.2. The molecule has 1 spiro atoms. The van der Waals surface area contributed by atoms with Crippen molar-refractivity contribution >= 4 is 5.97 Å². The highest BCUT2D eigenvalue weighted by Crippen LogP contribution is 2.48. The van der Waals surface area contributed by atoms with Gasteiger partial charge in [-0.1, -0.05) is 58.1 Å². The van der Waals surface area contributed by atoms with Crippen molar-refractivity contribution in [2.75, 3.05) is 20.8 Å². The Bertz CT molecular complexity index is 1660. The average Bonchev–Trinajstić information content (AvgIpc) is 3.56. The summed E-state index contributed by atoms with van der Waals surface area (Å²) in [4.78, 5) is 14.3. The monoisotopic (exact) mass is 860 g/mol. The molecule has 0 aromatic heterocycles. The molecule has 6 aliphatic heterocycles. The summed E-state index contributed by atoms with van der Waals surface area (Å²) in [6, 6.07) is 0. The lowest BCUT2D eigenvalue weighted by Crippen LogP contribution is -2.58. The van der Waals surface area contributed by atoms with Gasteiger partial charge in [-0.2, -0.15) is 0 Å². The van der Waals surface area contributed by atoms with Crippen molar-refractivity contribution in [1.82, 2.24) is 0 Å². The maximum Gasteiger partial charge on any atom is 0.316 e. The lowest BCUT2D eigenvalue weighted by atomic mass is 9.71. The van der Waals surface area contributed by atoms with E-state index in [1.54, 1.807) is 40.2 Å². The quantitative estimate of drug-likeness (QED) is 0.225. The summed E-state index contributed by atoms with van der Waals surface area (Å²) in [6.07, 6.45) is 5.52. The molecular formula is C47H72O14. The first kappa shape index (κ1) is 46.9. The van der Waals surface area contributed by atoms with Crippen molar-refractivity contribution in [1.29, 1.82) is 0 Å². The second-order valence-corrected chi connectivity index (χ2v) is 19.2. The topological polar surface area (TPSA) is 170 Å². The van der Waals surface area contributed by atoms with Crippen molar-refractivity contribution in [3.63, 3.8) is 0 Å². The SMILES string of the molecule is CO[C@H]1C[C@H](O[C@@H]2/C(C)=C/C[C@@H]3C[C@@H](C[C@]4(CC[C@H](C)[C@@H](C(C)C)O4)O3)OC(=O)[C@@H]3C=C(C)[C@@H](O)[C@H]4OC/C(=C\C=C\[C@@H]2C)[C@]43O)O[C@@H](C)C1O[C@H]1C[C@H](OC)[C@@H](O)[C@H](C)O1. The molecule has 1 unspecified atom stereocenters. The first-order chi connectivity index (χ1) is 29.0. The highest BCUT2D eigenvalue weighted by Gasteiger charge is 2.60. The minimum Gasteiger partial charge on any atom is -0.462 e. The minimum absolute atomic E-state index is 0.0210. The molecule has 7 aliphatic rings. The molecule has 1 aliphatic carbocycles. The Hall–Kier alpha value is -2.05. The van der Waals surface area contributed by atoms with E-state index >= 15 is 0 Å². The number of allylic oxidation sites excluding steroid dienone is 2. The number of hydrogen-bond acceptors (Lipinski definition) is 14. The van der Waals surface area contributed by atoms with Crippen LogP contribution in [-0.2, 0) is 52.2 Å². The Balaban J connectivity index is 1.17. The van der Waals surface area contributed by atoms with Crippen LogP contribution in [0.5, 0.6) is 0 Å². The van der Waals surface area contributed by atoms with E-state index in [0.29, 0.717) is 55.6 Å². The van der Waals surface area contributed by atoms with Crippen LogP contribution in [0.15, 0.2) is 47.1 Å². The van der Waals surface area contributed by atoms with E-state index in [0.717, 1.165) is 12.0 Å². The van der Waals surface area contributed by atoms with Gasteiger partial charge in [0.2, 0.25) is 0 Å². The molecule has 14 nitrogen and oxygen atoms in total. The Morgan fingerprint density at radius 2 is 1.59 bits per heavy atom. The summed E-state index contributed by atoms with van der Waals surface area (Å²) in [5.74, 6) is -2.15. The first-order valence-electron chi connectivity index (χ1n) is 22.6. The van der Waals surface area contributed by atoms with Crippen LogP contribution in [-0.4, -0.2) is 139 Å². The maximum absolute atomic E-state index is 14.3.